The fourth-order valence-electron chi connectivity index (χ4n) is 2.37. The smallest absolute Gasteiger partial charge is 0.251 e. The average molecular weight is 311 g/mol. The maximum Gasteiger partial charge on any atom is 0.251 e. The van der Waals surface area contributed by atoms with Crippen LogP contribution in [0, 0.1) is 0 Å². The molecule has 2 heterocycles. The predicted octanol–water partition coefficient (Wildman–Crippen LogP) is 3.56. The largest absolute Gasteiger partial charge is 0.301 e. The van der Waals surface area contributed by atoms with Crippen LogP contribution in [0.4, 0.5) is 0 Å². The highest BCUT2D eigenvalue weighted by Gasteiger charge is 2.05. The molecular formula is C17H17N3OS. The summed E-state index contributed by atoms with van der Waals surface area (Å²) in [6, 6.07) is 11.7. The van der Waals surface area contributed by atoms with Gasteiger partial charge in [-0.1, -0.05) is 49.4 Å². The molecule has 0 atom stereocenters. The second-order valence-corrected chi connectivity index (χ2v) is 6.04. The molecule has 3 aromatic rings. The first kappa shape index (κ1) is 14.8. The number of aryl methyl sites for hydroxylation is 1. The zero-order chi connectivity index (χ0) is 15.4. The number of rotatable bonds is 5. The van der Waals surface area contributed by atoms with Gasteiger partial charge in [-0.25, -0.2) is 4.98 Å². The van der Waals surface area contributed by atoms with Gasteiger partial charge in [-0.3, -0.25) is 9.78 Å². The van der Waals surface area contributed by atoms with Crippen LogP contribution in [0.2, 0.25) is 0 Å². The van der Waals surface area contributed by atoms with E-state index in [1.165, 1.54) is 11.8 Å². The summed E-state index contributed by atoms with van der Waals surface area (Å²) < 4.78 is 0. The molecule has 0 spiro atoms. The Hall–Kier alpha value is -2.14. The van der Waals surface area contributed by atoms with Gasteiger partial charge in [-0.15, -0.1) is 0 Å². The minimum absolute atomic E-state index is 0.0861. The van der Waals surface area contributed by atoms with Gasteiger partial charge in [-0.05, 0) is 18.1 Å². The highest BCUT2D eigenvalue weighted by atomic mass is 32.2. The molecule has 0 unspecified atom stereocenters. The van der Waals surface area contributed by atoms with Crippen molar-refractivity contribution in [3.05, 3.63) is 64.2 Å². The van der Waals surface area contributed by atoms with E-state index in [-0.39, 0.29) is 5.56 Å². The zero-order valence-electron chi connectivity index (χ0n) is 12.4. The number of benzene rings is 1. The first-order chi connectivity index (χ1) is 10.8. The third-order valence-electron chi connectivity index (χ3n) is 3.36. The van der Waals surface area contributed by atoms with Crippen LogP contribution in [-0.4, -0.2) is 15.0 Å². The Balaban J connectivity index is 1.84. The van der Waals surface area contributed by atoms with Crippen LogP contribution < -0.4 is 5.56 Å². The second-order valence-electron chi connectivity index (χ2n) is 5.07. The molecule has 0 aliphatic heterocycles. The SMILES string of the molecule is CCCc1cc(=O)[nH]c(SCc2cccc3cccnc23)n1. The van der Waals surface area contributed by atoms with Crippen molar-refractivity contribution < 1.29 is 0 Å². The number of thioether (sulfide) groups is 1. The standard InChI is InChI=1S/C17H17N3OS/c1-2-5-14-10-15(21)20-17(19-14)22-11-13-7-3-6-12-8-4-9-18-16(12)13/h3-4,6-10H,2,5,11H2,1H3,(H,19,20,21). The van der Waals surface area contributed by atoms with Crippen molar-refractivity contribution in [2.45, 2.75) is 30.7 Å². The maximum absolute atomic E-state index is 11.7. The number of fused-ring (bicyclic) bond motifs is 1. The topological polar surface area (TPSA) is 58.6 Å². The molecule has 0 saturated carbocycles. The summed E-state index contributed by atoms with van der Waals surface area (Å²) in [5.74, 6) is 0.729. The Kier molecular flexibility index (Phi) is 4.53. The number of aromatic amines is 1. The Morgan fingerprint density at radius 3 is 2.95 bits per heavy atom. The lowest BCUT2D eigenvalue weighted by Gasteiger charge is -2.06. The molecule has 0 bridgehead atoms. The Morgan fingerprint density at radius 1 is 1.23 bits per heavy atom. The predicted molar refractivity (Wildman–Crippen MR) is 90.2 cm³/mol. The highest BCUT2D eigenvalue weighted by molar-refractivity contribution is 7.98. The summed E-state index contributed by atoms with van der Waals surface area (Å²) in [6.07, 6.45) is 3.61. The molecule has 2 aromatic heterocycles. The number of para-hydroxylation sites is 1. The normalized spacial score (nSPS) is 11.0. The lowest BCUT2D eigenvalue weighted by atomic mass is 10.1. The molecule has 1 aromatic carbocycles. The molecule has 0 amide bonds. The van der Waals surface area contributed by atoms with Crippen molar-refractivity contribution in [2.75, 3.05) is 0 Å². The van der Waals surface area contributed by atoms with Crippen molar-refractivity contribution in [2.24, 2.45) is 0 Å². The monoisotopic (exact) mass is 311 g/mol. The van der Waals surface area contributed by atoms with E-state index in [0.29, 0.717) is 5.16 Å². The second kappa shape index (κ2) is 6.75. The van der Waals surface area contributed by atoms with Gasteiger partial charge in [-0.2, -0.15) is 0 Å². The van der Waals surface area contributed by atoms with Crippen LogP contribution in [0.1, 0.15) is 24.6 Å². The number of pyridine rings is 1. The van der Waals surface area contributed by atoms with Gasteiger partial charge >= 0.3 is 0 Å². The molecular weight excluding hydrogens is 294 g/mol. The van der Waals surface area contributed by atoms with Crippen LogP contribution in [0.25, 0.3) is 10.9 Å². The Bertz CT molecular complexity index is 839. The lowest BCUT2D eigenvalue weighted by Crippen LogP contribution is -2.10. The van der Waals surface area contributed by atoms with E-state index < -0.39 is 0 Å². The zero-order valence-corrected chi connectivity index (χ0v) is 13.2. The van der Waals surface area contributed by atoms with Crippen molar-refractivity contribution in [3.8, 4) is 0 Å². The molecule has 5 heteroatoms. The van der Waals surface area contributed by atoms with Gasteiger partial charge in [0.05, 0.1) is 5.52 Å². The molecule has 112 valence electrons. The van der Waals surface area contributed by atoms with Gasteiger partial charge in [0.15, 0.2) is 5.16 Å². The fraction of sp³-hybridized carbons (Fsp3) is 0.235. The number of H-pyrrole nitrogens is 1. The van der Waals surface area contributed by atoms with Gasteiger partial charge < -0.3 is 4.98 Å². The molecule has 1 N–H and O–H groups in total. The van der Waals surface area contributed by atoms with E-state index in [4.69, 9.17) is 0 Å². The van der Waals surface area contributed by atoms with Crippen molar-refractivity contribution >= 4 is 22.7 Å². The first-order valence-electron chi connectivity index (χ1n) is 7.32. The molecule has 0 aliphatic rings. The van der Waals surface area contributed by atoms with Crippen LogP contribution >= 0.6 is 11.8 Å². The van der Waals surface area contributed by atoms with E-state index in [2.05, 4.69) is 40.1 Å². The third-order valence-corrected chi connectivity index (χ3v) is 4.28. The number of nitrogens with one attached hydrogen (secondary N) is 1. The summed E-state index contributed by atoms with van der Waals surface area (Å²) in [6.45, 7) is 2.08. The Labute approximate surface area is 133 Å². The maximum atomic E-state index is 11.7. The molecule has 22 heavy (non-hydrogen) atoms. The fourth-order valence-corrected chi connectivity index (χ4v) is 3.25. The average Bonchev–Trinajstić information content (AvgIpc) is 2.53. The molecule has 4 nitrogen and oxygen atoms in total. The lowest BCUT2D eigenvalue weighted by molar-refractivity contribution is 0.816. The minimum atomic E-state index is -0.0861. The molecule has 0 radical (unpaired) electrons. The molecule has 0 saturated heterocycles. The first-order valence-corrected chi connectivity index (χ1v) is 8.30. The number of nitrogens with zero attached hydrogens (tertiary/aromatic N) is 2. The van der Waals surface area contributed by atoms with Crippen LogP contribution in [-0.2, 0) is 12.2 Å². The van der Waals surface area contributed by atoms with E-state index in [0.717, 1.165) is 40.8 Å². The molecule has 3 rings (SSSR count). The van der Waals surface area contributed by atoms with Crippen molar-refractivity contribution in [1.82, 2.24) is 15.0 Å². The highest BCUT2D eigenvalue weighted by Crippen LogP contribution is 2.23. The summed E-state index contributed by atoms with van der Waals surface area (Å²) in [5.41, 5.74) is 2.91. The summed E-state index contributed by atoms with van der Waals surface area (Å²) >= 11 is 1.54. The van der Waals surface area contributed by atoms with Crippen LogP contribution in [0.15, 0.2) is 52.5 Å². The van der Waals surface area contributed by atoms with Gasteiger partial charge in [0.2, 0.25) is 0 Å². The summed E-state index contributed by atoms with van der Waals surface area (Å²) in [7, 11) is 0. The summed E-state index contributed by atoms with van der Waals surface area (Å²) in [4.78, 5) is 23.4. The van der Waals surface area contributed by atoms with Gasteiger partial charge in [0.25, 0.3) is 5.56 Å². The third kappa shape index (κ3) is 3.36. The molecule has 0 fully saturated rings. The van der Waals surface area contributed by atoms with E-state index in [9.17, 15) is 4.79 Å². The quantitative estimate of drug-likeness (QED) is 0.578. The van der Waals surface area contributed by atoms with Crippen molar-refractivity contribution in [3.63, 3.8) is 0 Å². The minimum Gasteiger partial charge on any atom is -0.301 e. The van der Waals surface area contributed by atoms with E-state index in [1.54, 1.807) is 12.3 Å². The van der Waals surface area contributed by atoms with Crippen LogP contribution in [0.3, 0.4) is 0 Å². The number of hydrogen-bond donors (Lipinski definition) is 1. The summed E-state index contributed by atoms with van der Waals surface area (Å²) in [5, 5.41) is 1.80. The number of hydrogen-bond acceptors (Lipinski definition) is 4. The number of aromatic nitrogens is 3. The van der Waals surface area contributed by atoms with Crippen LogP contribution in [0.5, 0.6) is 0 Å². The van der Waals surface area contributed by atoms with Gasteiger partial charge in [0.1, 0.15) is 0 Å². The van der Waals surface area contributed by atoms with E-state index in [1.807, 2.05) is 12.1 Å². The van der Waals surface area contributed by atoms with Crippen molar-refractivity contribution in [1.29, 1.82) is 0 Å². The van der Waals surface area contributed by atoms with E-state index >= 15 is 0 Å². The Morgan fingerprint density at radius 2 is 2.09 bits per heavy atom. The molecule has 0 aliphatic carbocycles. The van der Waals surface area contributed by atoms with Gasteiger partial charge in [0, 0.05) is 29.1 Å².